The van der Waals surface area contributed by atoms with Gasteiger partial charge < -0.3 is 14.8 Å². The molecule has 0 aromatic heterocycles. The number of benzene rings is 1. The van der Waals surface area contributed by atoms with Crippen LogP contribution in [-0.4, -0.2) is 42.3 Å². The highest BCUT2D eigenvalue weighted by Crippen LogP contribution is 2.23. The highest BCUT2D eigenvalue weighted by atomic mass is 16.6. The Bertz CT molecular complexity index is 591. The van der Waals surface area contributed by atoms with Gasteiger partial charge in [0.1, 0.15) is 5.60 Å². The lowest BCUT2D eigenvalue weighted by Gasteiger charge is -2.32. The van der Waals surface area contributed by atoms with E-state index in [9.17, 15) is 14.9 Å². The average molecular weight is 336 g/mol. The molecule has 0 spiro atoms. The molecule has 0 radical (unpaired) electrons. The molecule has 1 N–H and O–H groups in total. The fourth-order valence-electron chi connectivity index (χ4n) is 2.64. The number of nitro benzene ring substituents is 1. The van der Waals surface area contributed by atoms with Crippen molar-refractivity contribution < 1.29 is 19.2 Å². The predicted octanol–water partition coefficient (Wildman–Crippen LogP) is 2.08. The van der Waals surface area contributed by atoms with E-state index in [-0.39, 0.29) is 17.8 Å². The maximum atomic E-state index is 12.6. The van der Waals surface area contributed by atoms with Gasteiger partial charge in [-0.15, -0.1) is 0 Å². The molecule has 24 heavy (non-hydrogen) atoms. The first kappa shape index (κ1) is 18.4. The van der Waals surface area contributed by atoms with Gasteiger partial charge in [-0.1, -0.05) is 12.1 Å². The lowest BCUT2D eigenvalue weighted by Crippen LogP contribution is -2.47. The molecule has 1 fully saturated rings. The molecule has 0 amide bonds. The monoisotopic (exact) mass is 336 g/mol. The van der Waals surface area contributed by atoms with E-state index in [1.165, 1.54) is 12.1 Å². The minimum atomic E-state index is -0.597. The quantitative estimate of drug-likeness (QED) is 0.503. The summed E-state index contributed by atoms with van der Waals surface area (Å²) in [5, 5.41) is 14.1. The Morgan fingerprint density at radius 2 is 2.25 bits per heavy atom. The number of carbonyl (C=O) groups excluding carboxylic acids is 1. The lowest BCUT2D eigenvalue weighted by molar-refractivity contribution is -0.384. The van der Waals surface area contributed by atoms with Crippen LogP contribution >= 0.6 is 0 Å². The number of non-ortho nitro benzene ring substituents is 1. The summed E-state index contributed by atoms with van der Waals surface area (Å²) >= 11 is 0. The molecule has 1 aliphatic heterocycles. The molecule has 7 heteroatoms. The fraction of sp³-hybridized carbons (Fsp3) is 0.588. The van der Waals surface area contributed by atoms with Crippen LogP contribution in [0.25, 0.3) is 0 Å². The van der Waals surface area contributed by atoms with Crippen molar-refractivity contribution in [3.63, 3.8) is 0 Å². The van der Waals surface area contributed by atoms with Crippen molar-refractivity contribution in [1.82, 2.24) is 5.32 Å². The minimum absolute atomic E-state index is 0.0122. The summed E-state index contributed by atoms with van der Waals surface area (Å²) in [5.74, 6) is -0.860. The summed E-state index contributed by atoms with van der Waals surface area (Å²) in [5.41, 5.74) is 0.132. The Balaban J connectivity index is 2.20. The zero-order valence-corrected chi connectivity index (χ0v) is 14.3. The number of nitro groups is 1. The Kier molecular flexibility index (Phi) is 5.90. The van der Waals surface area contributed by atoms with Gasteiger partial charge in [-0.3, -0.25) is 14.9 Å². The van der Waals surface area contributed by atoms with E-state index < -0.39 is 16.4 Å². The number of hydrogen-bond donors (Lipinski definition) is 1. The summed E-state index contributed by atoms with van der Waals surface area (Å²) < 4.78 is 11.3. The van der Waals surface area contributed by atoms with E-state index in [0.717, 1.165) is 6.54 Å². The van der Waals surface area contributed by atoms with Crippen LogP contribution in [0.5, 0.6) is 0 Å². The van der Waals surface area contributed by atoms with Gasteiger partial charge in [0.05, 0.1) is 23.6 Å². The van der Waals surface area contributed by atoms with E-state index >= 15 is 0 Å². The molecular weight excluding hydrogens is 312 g/mol. The van der Waals surface area contributed by atoms with Crippen LogP contribution in [0.15, 0.2) is 24.3 Å². The standard InChI is InChI=1S/C17H24N2O5/c1-17(2,3)24-16(20)14(15-11-18-7-8-23-15)10-12-5-4-6-13(9-12)19(21)22/h4-6,9,14-15,18H,7-8,10-11H2,1-3H3. The number of morpholine rings is 1. The third kappa shape index (κ3) is 5.28. The van der Waals surface area contributed by atoms with E-state index in [0.29, 0.717) is 25.1 Å². The van der Waals surface area contributed by atoms with Crippen molar-refractivity contribution in [3.05, 3.63) is 39.9 Å². The van der Waals surface area contributed by atoms with Crippen molar-refractivity contribution in [3.8, 4) is 0 Å². The summed E-state index contributed by atoms with van der Waals surface area (Å²) in [6.45, 7) is 7.27. The molecule has 2 unspecified atom stereocenters. The lowest BCUT2D eigenvalue weighted by atomic mass is 9.92. The maximum absolute atomic E-state index is 12.6. The number of esters is 1. The second-order valence-corrected chi connectivity index (χ2v) is 6.88. The van der Waals surface area contributed by atoms with Gasteiger partial charge in [0.15, 0.2) is 0 Å². The maximum Gasteiger partial charge on any atom is 0.312 e. The first-order valence-electron chi connectivity index (χ1n) is 8.05. The molecule has 1 saturated heterocycles. The molecule has 1 aromatic rings. The molecule has 132 valence electrons. The second kappa shape index (κ2) is 7.72. The van der Waals surface area contributed by atoms with Crippen LogP contribution in [0.1, 0.15) is 26.3 Å². The third-order valence-corrected chi connectivity index (χ3v) is 3.69. The average Bonchev–Trinajstić information content (AvgIpc) is 2.52. The van der Waals surface area contributed by atoms with Gasteiger partial charge in [-0.05, 0) is 32.8 Å². The number of rotatable bonds is 5. The fourth-order valence-corrected chi connectivity index (χ4v) is 2.64. The second-order valence-electron chi connectivity index (χ2n) is 6.88. The van der Waals surface area contributed by atoms with Gasteiger partial charge in [0.2, 0.25) is 0 Å². The topological polar surface area (TPSA) is 90.7 Å². The summed E-state index contributed by atoms with van der Waals surface area (Å²) in [6, 6.07) is 6.33. The van der Waals surface area contributed by atoms with Crippen molar-refractivity contribution in [1.29, 1.82) is 0 Å². The van der Waals surface area contributed by atoms with Crippen molar-refractivity contribution in [2.24, 2.45) is 5.92 Å². The zero-order valence-electron chi connectivity index (χ0n) is 14.3. The summed E-state index contributed by atoms with van der Waals surface area (Å²) in [6.07, 6.45) is 0.0241. The van der Waals surface area contributed by atoms with Gasteiger partial charge in [-0.2, -0.15) is 0 Å². The summed E-state index contributed by atoms with van der Waals surface area (Å²) in [4.78, 5) is 23.1. The van der Waals surface area contributed by atoms with Gasteiger partial charge in [0.25, 0.3) is 5.69 Å². The smallest absolute Gasteiger partial charge is 0.312 e. The van der Waals surface area contributed by atoms with Crippen molar-refractivity contribution in [2.75, 3.05) is 19.7 Å². The van der Waals surface area contributed by atoms with Crippen LogP contribution in [0.3, 0.4) is 0 Å². The van der Waals surface area contributed by atoms with Gasteiger partial charge in [-0.25, -0.2) is 0 Å². The van der Waals surface area contributed by atoms with Gasteiger partial charge in [0, 0.05) is 25.2 Å². The normalized spacial score (nSPS) is 19.5. The Labute approximate surface area is 141 Å². The Hall–Kier alpha value is -1.99. The largest absolute Gasteiger partial charge is 0.460 e. The summed E-state index contributed by atoms with van der Waals surface area (Å²) in [7, 11) is 0. The molecule has 0 saturated carbocycles. The SMILES string of the molecule is CC(C)(C)OC(=O)C(Cc1cccc([N+](=O)[O-])c1)C1CNCCO1. The molecule has 1 aliphatic rings. The van der Waals surface area contributed by atoms with Crippen molar-refractivity contribution >= 4 is 11.7 Å². The number of hydrogen-bond acceptors (Lipinski definition) is 6. The van der Waals surface area contributed by atoms with Crippen molar-refractivity contribution in [2.45, 2.75) is 38.9 Å². The predicted molar refractivity (Wildman–Crippen MR) is 88.7 cm³/mol. The Morgan fingerprint density at radius 1 is 1.50 bits per heavy atom. The zero-order chi connectivity index (χ0) is 17.7. The van der Waals surface area contributed by atoms with Crippen LogP contribution in [-0.2, 0) is 20.7 Å². The number of nitrogens with zero attached hydrogens (tertiary/aromatic N) is 1. The number of nitrogens with one attached hydrogen (secondary N) is 1. The minimum Gasteiger partial charge on any atom is -0.460 e. The van der Waals surface area contributed by atoms with E-state index in [1.54, 1.807) is 12.1 Å². The molecule has 7 nitrogen and oxygen atoms in total. The third-order valence-electron chi connectivity index (χ3n) is 3.69. The molecular formula is C17H24N2O5. The van der Waals surface area contributed by atoms with Gasteiger partial charge >= 0.3 is 5.97 Å². The first-order valence-corrected chi connectivity index (χ1v) is 8.05. The van der Waals surface area contributed by atoms with Crippen LogP contribution < -0.4 is 5.32 Å². The van der Waals surface area contributed by atoms with E-state index in [1.807, 2.05) is 20.8 Å². The van der Waals surface area contributed by atoms with Crippen LogP contribution in [0.2, 0.25) is 0 Å². The van der Waals surface area contributed by atoms with Crippen LogP contribution in [0.4, 0.5) is 5.69 Å². The number of ether oxygens (including phenoxy) is 2. The van der Waals surface area contributed by atoms with Crippen LogP contribution in [0, 0.1) is 16.0 Å². The molecule has 1 aromatic carbocycles. The first-order chi connectivity index (χ1) is 11.3. The molecule has 2 rings (SSSR count). The van der Waals surface area contributed by atoms with E-state index in [2.05, 4.69) is 5.32 Å². The van der Waals surface area contributed by atoms with E-state index in [4.69, 9.17) is 9.47 Å². The highest BCUT2D eigenvalue weighted by Gasteiger charge is 2.34. The number of carbonyl (C=O) groups is 1. The highest BCUT2D eigenvalue weighted by molar-refractivity contribution is 5.74. The molecule has 0 aliphatic carbocycles. The Morgan fingerprint density at radius 3 is 2.83 bits per heavy atom. The molecule has 1 heterocycles. The molecule has 0 bridgehead atoms. The molecule has 2 atom stereocenters.